The molecule has 1 aromatic carbocycles. The minimum atomic E-state index is 0.0519. The lowest BCUT2D eigenvalue weighted by Crippen LogP contribution is -2.07. The van der Waals surface area contributed by atoms with Gasteiger partial charge in [0.1, 0.15) is 0 Å². The summed E-state index contributed by atoms with van der Waals surface area (Å²) in [6.07, 6.45) is 0. The second-order valence-corrected chi connectivity index (χ2v) is 5.46. The van der Waals surface area contributed by atoms with Gasteiger partial charge in [-0.1, -0.05) is 23.2 Å². The number of halogens is 2. The van der Waals surface area contributed by atoms with Gasteiger partial charge in [0, 0.05) is 15.7 Å². The van der Waals surface area contributed by atoms with Gasteiger partial charge in [0.25, 0.3) is 0 Å². The summed E-state index contributed by atoms with van der Waals surface area (Å²) in [5.74, 6) is 0.924. The first-order valence-electron chi connectivity index (χ1n) is 4.31. The standard InChI is InChI=1S/C10H10Cl2OS/c1-10(5-13-10)6-14-9-4-7(11)2-3-8(9)12/h2-4H,5-6H2,1H3. The molecule has 0 aromatic heterocycles. The first kappa shape index (κ1) is 10.6. The van der Waals surface area contributed by atoms with Crippen molar-refractivity contribution in [1.29, 1.82) is 0 Å². The van der Waals surface area contributed by atoms with Crippen LogP contribution in [0.1, 0.15) is 6.92 Å². The first-order valence-corrected chi connectivity index (χ1v) is 6.05. The number of ether oxygens (including phenoxy) is 1. The molecule has 1 aromatic rings. The summed E-state index contributed by atoms with van der Waals surface area (Å²) < 4.78 is 5.29. The normalized spacial score (nSPS) is 25.1. The molecule has 1 aliphatic rings. The van der Waals surface area contributed by atoms with E-state index in [0.717, 1.165) is 27.3 Å². The maximum absolute atomic E-state index is 6.03. The number of rotatable bonds is 3. The van der Waals surface area contributed by atoms with Crippen molar-refractivity contribution in [3.63, 3.8) is 0 Å². The van der Waals surface area contributed by atoms with Crippen LogP contribution in [0.3, 0.4) is 0 Å². The van der Waals surface area contributed by atoms with E-state index in [9.17, 15) is 0 Å². The third kappa shape index (κ3) is 2.57. The molecule has 0 aliphatic carbocycles. The lowest BCUT2D eigenvalue weighted by atomic mass is 10.3. The molecular formula is C10H10Cl2OS. The van der Waals surface area contributed by atoms with E-state index in [0.29, 0.717) is 0 Å². The van der Waals surface area contributed by atoms with Gasteiger partial charge >= 0.3 is 0 Å². The monoisotopic (exact) mass is 248 g/mol. The highest BCUT2D eigenvalue weighted by molar-refractivity contribution is 7.99. The zero-order valence-corrected chi connectivity index (χ0v) is 10.0. The first-order chi connectivity index (χ1) is 6.59. The maximum atomic E-state index is 6.03. The average molecular weight is 249 g/mol. The van der Waals surface area contributed by atoms with Crippen LogP contribution in [0.4, 0.5) is 0 Å². The topological polar surface area (TPSA) is 12.5 Å². The van der Waals surface area contributed by atoms with Gasteiger partial charge in [-0.15, -0.1) is 11.8 Å². The van der Waals surface area contributed by atoms with Crippen molar-refractivity contribution in [3.8, 4) is 0 Å². The fourth-order valence-corrected chi connectivity index (χ4v) is 2.59. The van der Waals surface area contributed by atoms with Crippen molar-refractivity contribution >= 4 is 35.0 Å². The van der Waals surface area contributed by atoms with Crippen LogP contribution in [0.15, 0.2) is 23.1 Å². The van der Waals surface area contributed by atoms with Crippen LogP contribution in [0.25, 0.3) is 0 Å². The number of hydrogen-bond donors (Lipinski definition) is 0. The van der Waals surface area contributed by atoms with Crippen molar-refractivity contribution in [3.05, 3.63) is 28.2 Å². The molecule has 4 heteroatoms. The van der Waals surface area contributed by atoms with Crippen LogP contribution >= 0.6 is 35.0 Å². The lowest BCUT2D eigenvalue weighted by molar-refractivity contribution is 0.348. The molecular weight excluding hydrogens is 239 g/mol. The third-order valence-corrected chi connectivity index (χ3v) is 4.14. The van der Waals surface area contributed by atoms with Gasteiger partial charge in [-0.3, -0.25) is 0 Å². The minimum Gasteiger partial charge on any atom is -0.369 e. The summed E-state index contributed by atoms with van der Waals surface area (Å²) in [5.41, 5.74) is 0.0519. The molecule has 0 saturated carbocycles. The van der Waals surface area contributed by atoms with E-state index in [-0.39, 0.29) is 5.60 Å². The Kier molecular flexibility index (Phi) is 2.98. The zero-order valence-electron chi connectivity index (χ0n) is 7.72. The smallest absolute Gasteiger partial charge is 0.0981 e. The molecule has 0 spiro atoms. The predicted octanol–water partition coefficient (Wildman–Crippen LogP) is 3.87. The van der Waals surface area contributed by atoms with Crippen molar-refractivity contribution in [2.45, 2.75) is 17.4 Å². The Hall–Kier alpha value is 0.110. The number of thioether (sulfide) groups is 1. The zero-order chi connectivity index (χ0) is 10.2. The second kappa shape index (κ2) is 3.93. The quantitative estimate of drug-likeness (QED) is 0.595. The Balaban J connectivity index is 2.04. The van der Waals surface area contributed by atoms with Crippen molar-refractivity contribution < 1.29 is 4.74 Å². The molecule has 1 heterocycles. The van der Waals surface area contributed by atoms with E-state index in [1.165, 1.54) is 0 Å². The van der Waals surface area contributed by atoms with Crippen molar-refractivity contribution in [2.24, 2.45) is 0 Å². The van der Waals surface area contributed by atoms with Gasteiger partial charge < -0.3 is 4.74 Å². The van der Waals surface area contributed by atoms with E-state index in [1.807, 2.05) is 12.1 Å². The van der Waals surface area contributed by atoms with E-state index in [4.69, 9.17) is 27.9 Å². The van der Waals surface area contributed by atoms with E-state index >= 15 is 0 Å². The van der Waals surface area contributed by atoms with Gasteiger partial charge in [-0.25, -0.2) is 0 Å². The van der Waals surface area contributed by atoms with E-state index in [1.54, 1.807) is 17.8 Å². The molecule has 2 rings (SSSR count). The van der Waals surface area contributed by atoms with Gasteiger partial charge in [-0.05, 0) is 25.1 Å². The van der Waals surface area contributed by atoms with Gasteiger partial charge in [-0.2, -0.15) is 0 Å². The Morgan fingerprint density at radius 2 is 2.21 bits per heavy atom. The van der Waals surface area contributed by atoms with Gasteiger partial charge in [0.2, 0.25) is 0 Å². The fraction of sp³-hybridized carbons (Fsp3) is 0.400. The summed E-state index contributed by atoms with van der Waals surface area (Å²) in [4.78, 5) is 1.02. The third-order valence-electron chi connectivity index (χ3n) is 2.06. The van der Waals surface area contributed by atoms with Crippen molar-refractivity contribution in [1.82, 2.24) is 0 Å². The molecule has 1 aliphatic heterocycles. The Morgan fingerprint density at radius 1 is 1.50 bits per heavy atom. The fourth-order valence-electron chi connectivity index (χ4n) is 1.02. The van der Waals surface area contributed by atoms with Crippen LogP contribution in [0.5, 0.6) is 0 Å². The number of benzene rings is 1. The number of hydrogen-bond acceptors (Lipinski definition) is 2. The highest BCUT2D eigenvalue weighted by Gasteiger charge is 2.39. The largest absolute Gasteiger partial charge is 0.369 e. The SMILES string of the molecule is CC1(CSc2cc(Cl)ccc2Cl)CO1. The molecule has 1 nitrogen and oxygen atoms in total. The molecule has 1 atom stereocenters. The molecule has 1 unspecified atom stereocenters. The lowest BCUT2D eigenvalue weighted by Gasteiger charge is -2.06. The van der Waals surface area contributed by atoms with Crippen molar-refractivity contribution in [2.75, 3.05) is 12.4 Å². The molecule has 14 heavy (non-hydrogen) atoms. The van der Waals surface area contributed by atoms with Gasteiger partial charge in [0.15, 0.2) is 0 Å². The predicted molar refractivity (Wildman–Crippen MR) is 61.5 cm³/mol. The summed E-state index contributed by atoms with van der Waals surface area (Å²) in [6, 6.07) is 5.51. The molecule has 0 bridgehead atoms. The summed E-state index contributed by atoms with van der Waals surface area (Å²) in [6.45, 7) is 2.94. The highest BCUT2D eigenvalue weighted by atomic mass is 35.5. The Morgan fingerprint density at radius 3 is 2.86 bits per heavy atom. The molecule has 1 fully saturated rings. The van der Waals surface area contributed by atoms with Crippen LogP contribution in [-0.4, -0.2) is 18.0 Å². The highest BCUT2D eigenvalue weighted by Crippen LogP contribution is 2.36. The van der Waals surface area contributed by atoms with E-state index in [2.05, 4.69) is 6.92 Å². The molecule has 0 amide bonds. The maximum Gasteiger partial charge on any atom is 0.0981 e. The Bertz CT molecular complexity index is 350. The Labute approximate surface area is 97.7 Å². The van der Waals surface area contributed by atoms with Crippen LogP contribution in [0, 0.1) is 0 Å². The molecule has 76 valence electrons. The van der Waals surface area contributed by atoms with Gasteiger partial charge in [0.05, 0.1) is 17.2 Å². The average Bonchev–Trinajstić information content (AvgIpc) is 2.87. The molecule has 0 radical (unpaired) electrons. The van der Waals surface area contributed by atoms with Crippen LogP contribution in [0.2, 0.25) is 10.0 Å². The molecule has 1 saturated heterocycles. The summed E-state index contributed by atoms with van der Waals surface area (Å²) >= 11 is 13.6. The summed E-state index contributed by atoms with van der Waals surface area (Å²) in [5, 5.41) is 1.47. The van der Waals surface area contributed by atoms with Crippen LogP contribution in [-0.2, 0) is 4.74 Å². The summed E-state index contributed by atoms with van der Waals surface area (Å²) in [7, 11) is 0. The number of epoxide rings is 1. The minimum absolute atomic E-state index is 0.0519. The van der Waals surface area contributed by atoms with E-state index < -0.39 is 0 Å². The second-order valence-electron chi connectivity index (χ2n) is 3.60. The molecule has 0 N–H and O–H groups in total. The van der Waals surface area contributed by atoms with Crippen LogP contribution < -0.4 is 0 Å².